The first-order valence-corrected chi connectivity index (χ1v) is 12.2. The zero-order valence-corrected chi connectivity index (χ0v) is 20.1. The molecule has 0 aliphatic carbocycles. The molecule has 3 aromatic heterocycles. The molecular weight excluding hydrogens is 464 g/mol. The third-order valence-corrected chi connectivity index (χ3v) is 7.30. The molecule has 4 heterocycles. The molecule has 0 spiro atoms. The van der Waals surface area contributed by atoms with E-state index in [1.165, 1.54) is 23.7 Å². The molecule has 2 atom stereocenters. The number of aliphatic hydroxyl groups excluding tert-OH is 1. The Morgan fingerprint density at radius 1 is 1.37 bits per heavy atom. The fourth-order valence-electron chi connectivity index (χ4n) is 4.53. The van der Waals surface area contributed by atoms with Gasteiger partial charge >= 0.3 is 0 Å². The number of anilines is 1. The predicted molar refractivity (Wildman–Crippen MR) is 135 cm³/mol. The van der Waals surface area contributed by atoms with Gasteiger partial charge in [-0.25, -0.2) is 14.6 Å². The molecule has 5 rings (SSSR count). The molecule has 1 aromatic carbocycles. The Morgan fingerprint density at radius 2 is 2.23 bits per heavy atom. The van der Waals surface area contributed by atoms with Crippen LogP contribution in [-0.4, -0.2) is 55.9 Å². The molecule has 35 heavy (non-hydrogen) atoms. The first-order valence-electron chi connectivity index (χ1n) is 11.3. The number of likely N-dealkylation sites (tertiary alicyclic amines) is 1. The number of nitrogen functional groups attached to an aromatic ring is 1. The molecule has 1 fully saturated rings. The number of ether oxygens (including phenoxy) is 1. The maximum atomic E-state index is 12.2. The second-order valence-corrected chi connectivity index (χ2v) is 9.39. The first-order chi connectivity index (χ1) is 17.0. The van der Waals surface area contributed by atoms with Gasteiger partial charge in [-0.05, 0) is 42.7 Å². The number of piperidine rings is 1. The van der Waals surface area contributed by atoms with E-state index in [9.17, 15) is 9.90 Å². The van der Waals surface area contributed by atoms with Gasteiger partial charge in [-0.2, -0.15) is 5.10 Å². The Hall–Kier alpha value is -3.76. The molecule has 3 N–H and O–H groups in total. The Labute approximate surface area is 206 Å². The minimum Gasteiger partial charge on any atom is -0.497 e. The van der Waals surface area contributed by atoms with Crippen molar-refractivity contribution in [2.45, 2.75) is 25.0 Å². The topological polar surface area (TPSA) is 119 Å². The number of carbonyl (C=O) groups excluding carboxylic acids is 1. The Morgan fingerprint density at radius 3 is 3.03 bits per heavy atom. The second kappa shape index (κ2) is 9.47. The van der Waals surface area contributed by atoms with Crippen LogP contribution in [0.1, 0.15) is 35.4 Å². The predicted octanol–water partition coefficient (Wildman–Crippen LogP) is 3.58. The first kappa shape index (κ1) is 23.0. The number of carbonyl (C=O) groups is 1. The summed E-state index contributed by atoms with van der Waals surface area (Å²) in [5, 5.41) is 18.5. The summed E-state index contributed by atoms with van der Waals surface area (Å²) in [6.07, 6.45) is 3.69. The smallest absolute Gasteiger partial charge is 0.246 e. The van der Waals surface area contributed by atoms with E-state index >= 15 is 0 Å². The number of methoxy groups -OCH3 is 1. The third kappa shape index (κ3) is 4.26. The number of benzene rings is 1. The Kier molecular flexibility index (Phi) is 6.23. The van der Waals surface area contributed by atoms with E-state index in [1.807, 2.05) is 40.4 Å². The van der Waals surface area contributed by atoms with Gasteiger partial charge in [-0.1, -0.05) is 18.7 Å². The largest absolute Gasteiger partial charge is 0.497 e. The van der Waals surface area contributed by atoms with Crippen LogP contribution in [0.15, 0.2) is 54.7 Å². The number of fused-ring (bicyclic) bond motifs is 1. The minimum absolute atomic E-state index is 0.0429. The van der Waals surface area contributed by atoms with Crippen molar-refractivity contribution in [2.24, 2.45) is 0 Å². The van der Waals surface area contributed by atoms with Crippen molar-refractivity contribution in [3.05, 3.63) is 65.1 Å². The second-order valence-electron chi connectivity index (χ2n) is 8.45. The number of hydrogen-bond acceptors (Lipinski definition) is 8. The molecule has 2 unspecified atom stereocenters. The fourth-order valence-corrected chi connectivity index (χ4v) is 5.43. The molecule has 0 radical (unpaired) electrons. The molecular formula is C25H26N6O3S. The standard InChI is InChI=1S/C25H26N6O3S/c1-3-20(32)30-9-5-7-17(12-30)31-25-21(24(26)27-14-28-25)22(29-31)16-11-19(35-13-16)23(33)15-6-4-8-18(10-15)34-2/h3-4,6,8,10-11,13-14,17,23,33H,1,5,7,9,12H2,2H3,(H2,26,27,28). The molecule has 0 bridgehead atoms. The average Bonchev–Trinajstić information content (AvgIpc) is 3.54. The van der Waals surface area contributed by atoms with Crippen LogP contribution in [0, 0.1) is 0 Å². The van der Waals surface area contributed by atoms with Crippen molar-refractivity contribution >= 4 is 34.1 Å². The number of nitrogens with zero attached hydrogens (tertiary/aromatic N) is 5. The summed E-state index contributed by atoms with van der Waals surface area (Å²) in [4.78, 5) is 23.4. The van der Waals surface area contributed by atoms with Crippen molar-refractivity contribution in [1.29, 1.82) is 0 Å². The molecule has 1 aliphatic rings. The van der Waals surface area contributed by atoms with E-state index in [-0.39, 0.29) is 11.9 Å². The lowest BCUT2D eigenvalue weighted by molar-refractivity contribution is -0.127. The van der Waals surface area contributed by atoms with Crippen LogP contribution in [0.3, 0.4) is 0 Å². The number of aliphatic hydroxyl groups is 1. The molecule has 1 amide bonds. The summed E-state index contributed by atoms with van der Waals surface area (Å²) in [6, 6.07) is 9.25. The van der Waals surface area contributed by atoms with E-state index in [0.717, 1.165) is 28.8 Å². The van der Waals surface area contributed by atoms with Crippen LogP contribution >= 0.6 is 11.3 Å². The van der Waals surface area contributed by atoms with E-state index in [0.29, 0.717) is 41.4 Å². The molecule has 180 valence electrons. The highest BCUT2D eigenvalue weighted by molar-refractivity contribution is 7.10. The van der Waals surface area contributed by atoms with E-state index in [1.54, 1.807) is 12.0 Å². The van der Waals surface area contributed by atoms with Gasteiger partial charge in [0.1, 0.15) is 29.7 Å². The van der Waals surface area contributed by atoms with Crippen LogP contribution in [0.2, 0.25) is 0 Å². The lowest BCUT2D eigenvalue weighted by Crippen LogP contribution is -2.40. The van der Waals surface area contributed by atoms with Crippen LogP contribution in [0.5, 0.6) is 5.75 Å². The van der Waals surface area contributed by atoms with Gasteiger partial charge in [0.15, 0.2) is 5.65 Å². The molecule has 1 aliphatic heterocycles. The number of aromatic nitrogens is 4. The van der Waals surface area contributed by atoms with Crippen LogP contribution in [0.25, 0.3) is 22.3 Å². The highest BCUT2D eigenvalue weighted by Crippen LogP contribution is 2.38. The van der Waals surface area contributed by atoms with Gasteiger partial charge in [0.2, 0.25) is 5.91 Å². The van der Waals surface area contributed by atoms with Crippen molar-refractivity contribution in [3.63, 3.8) is 0 Å². The fraction of sp³-hybridized carbons (Fsp3) is 0.280. The number of amides is 1. The van der Waals surface area contributed by atoms with Crippen LogP contribution in [-0.2, 0) is 4.79 Å². The molecule has 4 aromatic rings. The van der Waals surface area contributed by atoms with Crippen molar-refractivity contribution in [3.8, 4) is 17.0 Å². The van der Waals surface area contributed by atoms with Crippen molar-refractivity contribution < 1.29 is 14.6 Å². The van der Waals surface area contributed by atoms with Crippen molar-refractivity contribution in [2.75, 3.05) is 25.9 Å². The maximum Gasteiger partial charge on any atom is 0.246 e. The molecule has 1 saturated heterocycles. The summed E-state index contributed by atoms with van der Waals surface area (Å²) in [5.74, 6) is 0.936. The molecule has 9 nitrogen and oxygen atoms in total. The molecule has 10 heteroatoms. The Balaban J connectivity index is 1.53. The summed E-state index contributed by atoms with van der Waals surface area (Å²) >= 11 is 1.44. The number of thiophene rings is 1. The minimum atomic E-state index is -0.803. The Bertz CT molecular complexity index is 1400. The highest BCUT2D eigenvalue weighted by atomic mass is 32.1. The number of nitrogens with two attached hydrogens (primary N) is 1. The third-order valence-electron chi connectivity index (χ3n) is 6.32. The van der Waals surface area contributed by atoms with Gasteiger partial charge in [0.05, 0.1) is 18.5 Å². The van der Waals surface area contributed by atoms with Gasteiger partial charge in [0, 0.05) is 28.9 Å². The highest BCUT2D eigenvalue weighted by Gasteiger charge is 2.28. The van der Waals surface area contributed by atoms with E-state index < -0.39 is 6.10 Å². The van der Waals surface area contributed by atoms with Gasteiger partial charge in [-0.15, -0.1) is 11.3 Å². The van der Waals surface area contributed by atoms with Crippen LogP contribution in [0.4, 0.5) is 5.82 Å². The lowest BCUT2D eigenvalue weighted by Gasteiger charge is -2.32. The van der Waals surface area contributed by atoms with Crippen molar-refractivity contribution in [1.82, 2.24) is 24.6 Å². The zero-order valence-electron chi connectivity index (χ0n) is 19.3. The number of rotatable bonds is 6. The monoisotopic (exact) mass is 490 g/mol. The van der Waals surface area contributed by atoms with Gasteiger partial charge < -0.3 is 20.5 Å². The summed E-state index contributed by atoms with van der Waals surface area (Å²) in [7, 11) is 1.60. The molecule has 0 saturated carbocycles. The maximum absolute atomic E-state index is 12.2. The summed E-state index contributed by atoms with van der Waals surface area (Å²) in [6.45, 7) is 4.83. The van der Waals surface area contributed by atoms with Crippen LogP contribution < -0.4 is 10.5 Å². The lowest BCUT2D eigenvalue weighted by atomic mass is 10.1. The summed E-state index contributed by atoms with van der Waals surface area (Å²) in [5.41, 5.74) is 9.14. The quantitative estimate of drug-likeness (QED) is 0.397. The average molecular weight is 491 g/mol. The van der Waals surface area contributed by atoms with E-state index in [2.05, 4.69) is 16.5 Å². The van der Waals surface area contributed by atoms with Gasteiger partial charge in [-0.3, -0.25) is 4.79 Å². The van der Waals surface area contributed by atoms with Gasteiger partial charge in [0.25, 0.3) is 0 Å². The zero-order chi connectivity index (χ0) is 24.5. The summed E-state index contributed by atoms with van der Waals surface area (Å²) < 4.78 is 7.15. The van der Waals surface area contributed by atoms with E-state index in [4.69, 9.17) is 15.6 Å². The SMILES string of the molecule is C=CC(=O)N1CCCC(n2nc(-c3csc(C(O)c4cccc(OC)c4)c3)c3c(N)ncnc32)C1. The normalized spacial score (nSPS) is 16.9. The number of hydrogen-bond donors (Lipinski definition) is 2.